The van der Waals surface area contributed by atoms with Gasteiger partial charge in [-0.3, -0.25) is 0 Å². The fourth-order valence-electron chi connectivity index (χ4n) is 1.28. The zero-order valence-corrected chi connectivity index (χ0v) is 10.2. The van der Waals surface area contributed by atoms with Gasteiger partial charge in [0.15, 0.2) is 0 Å². The first-order valence-corrected chi connectivity index (χ1v) is 7.89. The summed E-state index contributed by atoms with van der Waals surface area (Å²) in [5, 5.41) is 0. The lowest BCUT2D eigenvalue weighted by Crippen LogP contribution is -2.26. The molecule has 0 spiro atoms. The van der Waals surface area contributed by atoms with E-state index in [-0.39, 0.29) is 0 Å². The third-order valence-electron chi connectivity index (χ3n) is 2.40. The Bertz CT molecular complexity index is 143. The average molecular weight is 185 g/mol. The number of hydrogen-bond acceptors (Lipinski definition) is 1. The van der Waals surface area contributed by atoms with Gasteiger partial charge in [0.1, 0.15) is 0 Å². The Morgan fingerprint density at radius 1 is 1.25 bits per heavy atom. The second kappa shape index (κ2) is 5.41. The molecule has 0 rings (SSSR count). The molecule has 0 aromatic rings. The van der Waals surface area contributed by atoms with Crippen molar-refractivity contribution in [2.45, 2.75) is 38.9 Å². The van der Waals surface area contributed by atoms with E-state index in [9.17, 15) is 0 Å². The van der Waals surface area contributed by atoms with Crippen LogP contribution in [0.3, 0.4) is 0 Å². The SMILES string of the molecule is CCC[Si](C)(C=CN(C)C)CC. The summed E-state index contributed by atoms with van der Waals surface area (Å²) in [5.74, 6) is 0. The smallest absolute Gasteiger partial charge is 0.0763 e. The minimum Gasteiger partial charge on any atom is -0.384 e. The Hall–Kier alpha value is -0.243. The minimum absolute atomic E-state index is 1.01. The highest BCUT2D eigenvalue weighted by Gasteiger charge is 2.19. The third kappa shape index (κ3) is 4.60. The highest BCUT2D eigenvalue weighted by Crippen LogP contribution is 2.18. The van der Waals surface area contributed by atoms with Gasteiger partial charge in [-0.2, -0.15) is 0 Å². The average Bonchev–Trinajstić information content (AvgIpc) is 2.02. The first-order chi connectivity index (χ1) is 5.54. The maximum Gasteiger partial charge on any atom is 0.0763 e. The van der Waals surface area contributed by atoms with E-state index >= 15 is 0 Å². The molecule has 0 aliphatic carbocycles. The molecule has 1 unspecified atom stereocenters. The van der Waals surface area contributed by atoms with Crippen LogP contribution in [0.1, 0.15) is 20.3 Å². The standard InChI is InChI=1S/C10H23NSi/c1-6-9-12(5,7-2)10-8-11(3)4/h8,10H,6-7,9H2,1-5H3. The van der Waals surface area contributed by atoms with E-state index in [1.54, 1.807) is 0 Å². The highest BCUT2D eigenvalue weighted by atomic mass is 28.3. The lowest BCUT2D eigenvalue weighted by molar-refractivity contribution is 0.564. The molecule has 2 heteroatoms. The molecule has 0 saturated heterocycles. The van der Waals surface area contributed by atoms with Crippen molar-refractivity contribution in [2.24, 2.45) is 0 Å². The second-order valence-electron chi connectivity index (χ2n) is 4.04. The first kappa shape index (κ1) is 11.8. The summed E-state index contributed by atoms with van der Waals surface area (Å²) >= 11 is 0. The van der Waals surface area contributed by atoms with Gasteiger partial charge in [-0.25, -0.2) is 0 Å². The van der Waals surface area contributed by atoms with Crippen molar-refractivity contribution in [3.05, 3.63) is 11.9 Å². The van der Waals surface area contributed by atoms with E-state index < -0.39 is 8.07 Å². The lowest BCUT2D eigenvalue weighted by Gasteiger charge is -2.21. The van der Waals surface area contributed by atoms with Crippen LogP contribution in [0.4, 0.5) is 0 Å². The van der Waals surface area contributed by atoms with E-state index in [4.69, 9.17) is 0 Å². The second-order valence-corrected chi connectivity index (χ2v) is 8.89. The Morgan fingerprint density at radius 3 is 2.17 bits per heavy atom. The van der Waals surface area contributed by atoms with Crippen LogP contribution >= 0.6 is 0 Å². The molecule has 0 N–H and O–H groups in total. The van der Waals surface area contributed by atoms with Gasteiger partial charge in [0.05, 0.1) is 8.07 Å². The van der Waals surface area contributed by atoms with E-state index in [0.717, 1.165) is 0 Å². The van der Waals surface area contributed by atoms with Gasteiger partial charge in [0, 0.05) is 14.1 Å². The molecule has 1 atom stereocenters. The molecule has 0 bridgehead atoms. The molecule has 0 aromatic heterocycles. The highest BCUT2D eigenvalue weighted by molar-refractivity contribution is 6.83. The number of nitrogens with zero attached hydrogens (tertiary/aromatic N) is 1. The Balaban J connectivity index is 4.12. The first-order valence-electron chi connectivity index (χ1n) is 4.90. The molecular formula is C10H23NSi. The molecule has 0 aliphatic heterocycles. The quantitative estimate of drug-likeness (QED) is 0.595. The third-order valence-corrected chi connectivity index (χ3v) is 6.62. The summed E-state index contributed by atoms with van der Waals surface area (Å²) in [6.45, 7) is 7.07. The van der Waals surface area contributed by atoms with E-state index in [0.29, 0.717) is 0 Å². The molecule has 0 fully saturated rings. The minimum atomic E-state index is -1.01. The maximum atomic E-state index is 2.47. The molecule has 0 amide bonds. The molecule has 72 valence electrons. The van der Waals surface area contributed by atoms with Gasteiger partial charge >= 0.3 is 0 Å². The predicted octanol–water partition coefficient (Wildman–Crippen LogP) is 3.11. The van der Waals surface area contributed by atoms with Crippen molar-refractivity contribution in [3.8, 4) is 0 Å². The predicted molar refractivity (Wildman–Crippen MR) is 60.0 cm³/mol. The summed E-state index contributed by atoms with van der Waals surface area (Å²) in [6, 6.07) is 2.79. The van der Waals surface area contributed by atoms with Crippen molar-refractivity contribution >= 4 is 8.07 Å². The Morgan fingerprint density at radius 2 is 1.83 bits per heavy atom. The zero-order valence-electron chi connectivity index (χ0n) is 9.22. The summed E-state index contributed by atoms with van der Waals surface area (Å²) in [6.07, 6.45) is 3.56. The van der Waals surface area contributed by atoms with Crippen LogP contribution in [-0.4, -0.2) is 27.1 Å². The van der Waals surface area contributed by atoms with Gasteiger partial charge in [-0.1, -0.05) is 44.6 Å². The largest absolute Gasteiger partial charge is 0.384 e. The molecule has 0 radical (unpaired) electrons. The van der Waals surface area contributed by atoms with Crippen molar-refractivity contribution in [2.75, 3.05) is 14.1 Å². The van der Waals surface area contributed by atoms with Crippen LogP contribution in [-0.2, 0) is 0 Å². The topological polar surface area (TPSA) is 3.24 Å². The van der Waals surface area contributed by atoms with Gasteiger partial charge in [0.2, 0.25) is 0 Å². The van der Waals surface area contributed by atoms with Crippen LogP contribution in [0, 0.1) is 0 Å². The molecule has 0 aromatic carbocycles. The van der Waals surface area contributed by atoms with Crippen LogP contribution in [0.2, 0.25) is 18.6 Å². The van der Waals surface area contributed by atoms with Crippen LogP contribution in [0.25, 0.3) is 0 Å². The van der Waals surface area contributed by atoms with Crippen LogP contribution < -0.4 is 0 Å². The normalized spacial score (nSPS) is 16.4. The van der Waals surface area contributed by atoms with Gasteiger partial charge in [0.25, 0.3) is 0 Å². The van der Waals surface area contributed by atoms with Crippen molar-refractivity contribution < 1.29 is 0 Å². The molecule has 0 saturated carbocycles. The summed E-state index contributed by atoms with van der Waals surface area (Å²) in [7, 11) is 3.17. The van der Waals surface area contributed by atoms with Crippen LogP contribution in [0.15, 0.2) is 11.9 Å². The van der Waals surface area contributed by atoms with Crippen molar-refractivity contribution in [3.63, 3.8) is 0 Å². The zero-order chi connectivity index (χ0) is 9.61. The molecule has 1 nitrogen and oxygen atoms in total. The summed E-state index contributed by atoms with van der Waals surface area (Å²) in [5.41, 5.74) is 2.47. The van der Waals surface area contributed by atoms with E-state index in [1.807, 2.05) is 0 Å². The summed E-state index contributed by atoms with van der Waals surface area (Å²) in [4.78, 5) is 2.14. The monoisotopic (exact) mass is 185 g/mol. The molecule has 0 aliphatic rings. The molecular weight excluding hydrogens is 162 g/mol. The van der Waals surface area contributed by atoms with Gasteiger partial charge in [-0.15, -0.1) is 0 Å². The van der Waals surface area contributed by atoms with Gasteiger partial charge in [-0.05, 0) is 6.20 Å². The van der Waals surface area contributed by atoms with Crippen molar-refractivity contribution in [1.82, 2.24) is 4.90 Å². The Kier molecular flexibility index (Phi) is 5.30. The van der Waals surface area contributed by atoms with Crippen molar-refractivity contribution in [1.29, 1.82) is 0 Å². The molecule has 0 heterocycles. The lowest BCUT2D eigenvalue weighted by atomic mass is 10.6. The maximum absolute atomic E-state index is 2.47. The van der Waals surface area contributed by atoms with E-state index in [1.165, 1.54) is 18.5 Å². The van der Waals surface area contributed by atoms with E-state index in [2.05, 4.69) is 51.3 Å². The number of rotatable bonds is 5. The fraction of sp³-hybridized carbons (Fsp3) is 0.800. The number of hydrogen-bond donors (Lipinski definition) is 0. The fourth-order valence-corrected chi connectivity index (χ4v) is 3.83. The molecule has 12 heavy (non-hydrogen) atoms. The van der Waals surface area contributed by atoms with Gasteiger partial charge < -0.3 is 4.90 Å². The Labute approximate surface area is 78.5 Å². The summed E-state index contributed by atoms with van der Waals surface area (Å²) < 4.78 is 0. The van der Waals surface area contributed by atoms with Crippen LogP contribution in [0.5, 0.6) is 0 Å².